The van der Waals surface area contributed by atoms with E-state index in [0.717, 1.165) is 11.3 Å². The van der Waals surface area contributed by atoms with Crippen molar-refractivity contribution in [2.45, 2.75) is 18.9 Å². The highest BCUT2D eigenvalue weighted by Crippen LogP contribution is 2.38. The second-order valence-electron chi connectivity index (χ2n) is 3.36. The van der Waals surface area contributed by atoms with Crippen LogP contribution in [0.1, 0.15) is 18.4 Å². The van der Waals surface area contributed by atoms with Gasteiger partial charge in [0.25, 0.3) is 0 Å². The Morgan fingerprint density at radius 1 is 1.43 bits per heavy atom. The van der Waals surface area contributed by atoms with Gasteiger partial charge in [0.05, 0.1) is 7.11 Å². The number of hydrogen-bond donors (Lipinski definition) is 0. The number of carbonyl (C=O) groups is 1. The number of ether oxygens (including phenoxy) is 2. The first-order chi connectivity index (χ1) is 6.74. The highest BCUT2D eigenvalue weighted by atomic mass is 16.5. The van der Waals surface area contributed by atoms with E-state index in [4.69, 9.17) is 9.47 Å². The zero-order valence-corrected chi connectivity index (χ0v) is 8.19. The SMILES string of the molecule is COC(=O)[C@@H]1c2ccccc2O[C@@H]1C. The van der Waals surface area contributed by atoms with Crippen molar-refractivity contribution in [1.29, 1.82) is 0 Å². The Bertz CT molecular complexity index is 359. The van der Waals surface area contributed by atoms with E-state index in [1.807, 2.05) is 31.2 Å². The number of rotatable bonds is 1. The molecule has 2 rings (SSSR count). The Labute approximate surface area is 82.6 Å². The topological polar surface area (TPSA) is 35.5 Å². The Hall–Kier alpha value is -1.51. The van der Waals surface area contributed by atoms with Gasteiger partial charge in [-0.3, -0.25) is 4.79 Å². The largest absolute Gasteiger partial charge is 0.489 e. The quantitative estimate of drug-likeness (QED) is 0.635. The van der Waals surface area contributed by atoms with Crippen molar-refractivity contribution in [2.24, 2.45) is 0 Å². The molecule has 0 spiro atoms. The maximum atomic E-state index is 11.5. The summed E-state index contributed by atoms with van der Waals surface area (Å²) in [5.74, 6) is 0.272. The summed E-state index contributed by atoms with van der Waals surface area (Å²) in [5.41, 5.74) is 0.923. The molecule has 3 heteroatoms. The molecule has 0 saturated carbocycles. The molecule has 1 heterocycles. The van der Waals surface area contributed by atoms with Crippen molar-refractivity contribution in [2.75, 3.05) is 7.11 Å². The second-order valence-corrected chi connectivity index (χ2v) is 3.36. The Balaban J connectivity index is 2.39. The average Bonchev–Trinajstić information content (AvgIpc) is 2.53. The van der Waals surface area contributed by atoms with Crippen molar-refractivity contribution < 1.29 is 14.3 Å². The summed E-state index contributed by atoms with van der Waals surface area (Å²) in [7, 11) is 1.40. The molecule has 74 valence electrons. The van der Waals surface area contributed by atoms with Crippen LogP contribution in [0.4, 0.5) is 0 Å². The van der Waals surface area contributed by atoms with Crippen LogP contribution in [0.2, 0.25) is 0 Å². The molecule has 1 aromatic rings. The summed E-state index contributed by atoms with van der Waals surface area (Å²) in [6, 6.07) is 7.57. The van der Waals surface area contributed by atoms with Crippen LogP contribution >= 0.6 is 0 Å². The fraction of sp³-hybridized carbons (Fsp3) is 0.364. The van der Waals surface area contributed by atoms with E-state index in [2.05, 4.69) is 0 Å². The van der Waals surface area contributed by atoms with E-state index in [9.17, 15) is 4.79 Å². The zero-order valence-electron chi connectivity index (χ0n) is 8.19. The molecule has 3 nitrogen and oxygen atoms in total. The van der Waals surface area contributed by atoms with E-state index in [-0.39, 0.29) is 18.0 Å². The molecule has 0 N–H and O–H groups in total. The van der Waals surface area contributed by atoms with Crippen molar-refractivity contribution in [1.82, 2.24) is 0 Å². The Morgan fingerprint density at radius 3 is 2.86 bits per heavy atom. The number of hydrogen-bond acceptors (Lipinski definition) is 3. The van der Waals surface area contributed by atoms with Gasteiger partial charge in [-0.05, 0) is 13.0 Å². The standard InChI is InChI=1S/C11H12O3/c1-7-10(11(12)13-2)8-5-3-4-6-9(8)14-7/h3-7,10H,1-2H3/t7-,10+/m1/s1. The predicted octanol–water partition coefficient (Wildman–Crippen LogP) is 1.72. The third kappa shape index (κ3) is 1.25. The van der Waals surface area contributed by atoms with E-state index in [1.165, 1.54) is 7.11 Å². The first-order valence-corrected chi connectivity index (χ1v) is 4.57. The van der Waals surface area contributed by atoms with Crippen molar-refractivity contribution in [3.63, 3.8) is 0 Å². The van der Waals surface area contributed by atoms with Gasteiger partial charge in [-0.25, -0.2) is 0 Å². The van der Waals surface area contributed by atoms with Gasteiger partial charge in [0.1, 0.15) is 17.8 Å². The van der Waals surface area contributed by atoms with Crippen molar-refractivity contribution >= 4 is 5.97 Å². The summed E-state index contributed by atoms with van der Waals surface area (Å²) in [6.07, 6.45) is -0.139. The molecule has 1 aromatic carbocycles. The molecule has 0 fully saturated rings. The molecule has 1 aliphatic heterocycles. The van der Waals surface area contributed by atoms with E-state index in [1.54, 1.807) is 0 Å². The summed E-state index contributed by atoms with van der Waals surface area (Å²) >= 11 is 0. The molecular formula is C11H12O3. The van der Waals surface area contributed by atoms with Gasteiger partial charge in [-0.2, -0.15) is 0 Å². The highest BCUT2D eigenvalue weighted by molar-refractivity contribution is 5.81. The van der Waals surface area contributed by atoms with E-state index in [0.29, 0.717) is 0 Å². The minimum atomic E-state index is -0.281. The van der Waals surface area contributed by atoms with Crippen LogP contribution in [0.5, 0.6) is 5.75 Å². The van der Waals surface area contributed by atoms with Gasteiger partial charge in [0, 0.05) is 5.56 Å². The maximum Gasteiger partial charge on any atom is 0.317 e. The van der Waals surface area contributed by atoms with Crippen LogP contribution < -0.4 is 4.74 Å². The monoisotopic (exact) mass is 192 g/mol. The summed E-state index contributed by atoms with van der Waals surface area (Å²) in [6.45, 7) is 1.88. The lowest BCUT2D eigenvalue weighted by atomic mass is 9.97. The van der Waals surface area contributed by atoms with Gasteiger partial charge >= 0.3 is 5.97 Å². The molecule has 0 aromatic heterocycles. The van der Waals surface area contributed by atoms with E-state index < -0.39 is 0 Å². The van der Waals surface area contributed by atoms with Crippen LogP contribution in [0.15, 0.2) is 24.3 Å². The lowest BCUT2D eigenvalue weighted by molar-refractivity contribution is -0.143. The first kappa shape index (κ1) is 9.06. The lowest BCUT2D eigenvalue weighted by Crippen LogP contribution is -2.23. The molecule has 0 bridgehead atoms. The molecule has 2 atom stereocenters. The molecular weight excluding hydrogens is 180 g/mol. The lowest BCUT2D eigenvalue weighted by Gasteiger charge is -2.11. The fourth-order valence-electron chi connectivity index (χ4n) is 1.81. The van der Waals surface area contributed by atoms with Crippen LogP contribution in [0, 0.1) is 0 Å². The van der Waals surface area contributed by atoms with Crippen LogP contribution in [-0.2, 0) is 9.53 Å². The van der Waals surface area contributed by atoms with Gasteiger partial charge in [0.2, 0.25) is 0 Å². The third-order valence-corrected chi connectivity index (χ3v) is 2.49. The molecule has 0 radical (unpaired) electrons. The minimum Gasteiger partial charge on any atom is -0.489 e. The zero-order chi connectivity index (χ0) is 10.1. The molecule has 0 amide bonds. The van der Waals surface area contributed by atoms with E-state index >= 15 is 0 Å². The molecule has 0 unspecified atom stereocenters. The summed E-state index contributed by atoms with van der Waals surface area (Å²) < 4.78 is 10.3. The number of esters is 1. The minimum absolute atomic E-state index is 0.139. The van der Waals surface area contributed by atoms with Gasteiger partial charge in [-0.15, -0.1) is 0 Å². The highest BCUT2D eigenvalue weighted by Gasteiger charge is 2.37. The maximum absolute atomic E-state index is 11.5. The Morgan fingerprint density at radius 2 is 2.14 bits per heavy atom. The summed E-state index contributed by atoms with van der Waals surface area (Å²) in [5, 5.41) is 0. The van der Waals surface area contributed by atoms with Crippen molar-refractivity contribution in [3.8, 4) is 5.75 Å². The molecule has 1 aliphatic rings. The third-order valence-electron chi connectivity index (χ3n) is 2.49. The smallest absolute Gasteiger partial charge is 0.317 e. The first-order valence-electron chi connectivity index (χ1n) is 4.57. The average molecular weight is 192 g/mol. The van der Waals surface area contributed by atoms with Crippen LogP contribution in [-0.4, -0.2) is 19.2 Å². The number of methoxy groups -OCH3 is 1. The van der Waals surface area contributed by atoms with Crippen molar-refractivity contribution in [3.05, 3.63) is 29.8 Å². The number of carbonyl (C=O) groups excluding carboxylic acids is 1. The summed E-state index contributed by atoms with van der Waals surface area (Å²) in [4.78, 5) is 11.5. The van der Waals surface area contributed by atoms with Gasteiger partial charge < -0.3 is 9.47 Å². The molecule has 0 saturated heterocycles. The number of benzene rings is 1. The normalized spacial score (nSPS) is 23.9. The number of fused-ring (bicyclic) bond motifs is 1. The van der Waals surface area contributed by atoms with Gasteiger partial charge in [0.15, 0.2) is 0 Å². The van der Waals surface area contributed by atoms with Crippen LogP contribution in [0.3, 0.4) is 0 Å². The molecule has 14 heavy (non-hydrogen) atoms. The molecule has 0 aliphatic carbocycles. The fourth-order valence-corrected chi connectivity index (χ4v) is 1.81. The number of para-hydroxylation sites is 1. The van der Waals surface area contributed by atoms with Crippen LogP contribution in [0.25, 0.3) is 0 Å². The second kappa shape index (κ2) is 3.33. The predicted molar refractivity (Wildman–Crippen MR) is 51.3 cm³/mol. The van der Waals surface area contributed by atoms with Gasteiger partial charge in [-0.1, -0.05) is 18.2 Å². The Kier molecular flexibility index (Phi) is 2.15.